The Kier molecular flexibility index (Phi) is 4.37. The molecular weight excluding hydrogens is 340 g/mol. The summed E-state index contributed by atoms with van der Waals surface area (Å²) in [6.07, 6.45) is 2.77. The van der Waals surface area contributed by atoms with Gasteiger partial charge in [0.05, 0.1) is 5.69 Å². The first kappa shape index (κ1) is 16.9. The molecule has 0 aliphatic rings. The maximum absolute atomic E-state index is 12.6. The standard InChI is InChI=1S/C18H15ClN4O2/c1-4-15(24)21-14-8-12(6-5-10(14)2)23-16(25)7-11(3)13-9-20-18(19)22-17(13)23/h4-9H,1H2,2-3H3,(H,21,24). The maximum atomic E-state index is 12.6. The van der Waals surface area contributed by atoms with E-state index in [1.807, 2.05) is 19.9 Å². The monoisotopic (exact) mass is 354 g/mol. The molecule has 0 unspecified atom stereocenters. The third-order valence-electron chi connectivity index (χ3n) is 3.86. The summed E-state index contributed by atoms with van der Waals surface area (Å²) >= 11 is 5.92. The second kappa shape index (κ2) is 6.49. The molecule has 126 valence electrons. The van der Waals surface area contributed by atoms with E-state index in [-0.39, 0.29) is 16.8 Å². The fourth-order valence-corrected chi connectivity index (χ4v) is 2.68. The van der Waals surface area contributed by atoms with E-state index in [0.717, 1.165) is 16.5 Å². The quantitative estimate of drug-likeness (QED) is 0.579. The number of hydrogen-bond donors (Lipinski definition) is 1. The normalized spacial score (nSPS) is 10.7. The Morgan fingerprint density at radius 3 is 2.76 bits per heavy atom. The average molecular weight is 355 g/mol. The van der Waals surface area contributed by atoms with Crippen LogP contribution in [-0.4, -0.2) is 20.4 Å². The molecule has 2 heterocycles. The van der Waals surface area contributed by atoms with E-state index in [9.17, 15) is 9.59 Å². The number of amides is 1. The molecule has 3 aromatic rings. The van der Waals surface area contributed by atoms with Crippen LogP contribution >= 0.6 is 11.6 Å². The molecule has 0 saturated carbocycles. The van der Waals surface area contributed by atoms with Crippen molar-refractivity contribution >= 4 is 34.2 Å². The summed E-state index contributed by atoms with van der Waals surface area (Å²) in [7, 11) is 0. The number of carbonyl (C=O) groups is 1. The van der Waals surface area contributed by atoms with Gasteiger partial charge in [0.2, 0.25) is 11.2 Å². The molecule has 25 heavy (non-hydrogen) atoms. The van der Waals surface area contributed by atoms with Crippen LogP contribution in [0.2, 0.25) is 5.28 Å². The number of aromatic nitrogens is 3. The second-order valence-electron chi connectivity index (χ2n) is 5.57. The SMILES string of the molecule is C=CC(=O)Nc1cc(-n2c(=O)cc(C)c3cnc(Cl)nc32)ccc1C. The molecule has 7 heteroatoms. The van der Waals surface area contributed by atoms with Crippen LogP contribution in [0, 0.1) is 13.8 Å². The Morgan fingerprint density at radius 1 is 1.28 bits per heavy atom. The lowest BCUT2D eigenvalue weighted by molar-refractivity contribution is -0.111. The smallest absolute Gasteiger partial charge is 0.257 e. The summed E-state index contributed by atoms with van der Waals surface area (Å²) in [6.45, 7) is 7.12. The molecule has 0 radical (unpaired) electrons. The Bertz CT molecular complexity index is 1070. The van der Waals surface area contributed by atoms with E-state index >= 15 is 0 Å². The fraction of sp³-hybridized carbons (Fsp3) is 0.111. The summed E-state index contributed by atoms with van der Waals surface area (Å²) in [5, 5.41) is 3.51. The lowest BCUT2D eigenvalue weighted by Gasteiger charge is -2.14. The van der Waals surface area contributed by atoms with Crippen LogP contribution in [0.5, 0.6) is 0 Å². The first-order valence-electron chi connectivity index (χ1n) is 7.50. The molecule has 3 rings (SSSR count). The van der Waals surface area contributed by atoms with Gasteiger partial charge in [-0.2, -0.15) is 4.98 Å². The van der Waals surface area contributed by atoms with Crippen molar-refractivity contribution in [1.29, 1.82) is 0 Å². The molecule has 0 aliphatic heterocycles. The number of aryl methyl sites for hydroxylation is 2. The van der Waals surface area contributed by atoms with E-state index < -0.39 is 0 Å². The van der Waals surface area contributed by atoms with Crippen molar-refractivity contribution in [1.82, 2.24) is 14.5 Å². The van der Waals surface area contributed by atoms with Crippen LogP contribution in [0.1, 0.15) is 11.1 Å². The van der Waals surface area contributed by atoms with Crippen LogP contribution in [0.4, 0.5) is 5.69 Å². The topological polar surface area (TPSA) is 76.9 Å². The molecule has 0 saturated heterocycles. The van der Waals surface area contributed by atoms with Crippen molar-refractivity contribution in [2.24, 2.45) is 0 Å². The van der Waals surface area contributed by atoms with Crippen molar-refractivity contribution in [3.05, 3.63) is 69.9 Å². The summed E-state index contributed by atoms with van der Waals surface area (Å²) in [5.74, 6) is -0.327. The first-order chi connectivity index (χ1) is 11.9. The Morgan fingerprint density at radius 2 is 2.04 bits per heavy atom. The van der Waals surface area contributed by atoms with Crippen LogP contribution in [0.3, 0.4) is 0 Å². The number of benzene rings is 1. The highest BCUT2D eigenvalue weighted by molar-refractivity contribution is 6.28. The van der Waals surface area contributed by atoms with Crippen molar-refractivity contribution in [3.63, 3.8) is 0 Å². The van der Waals surface area contributed by atoms with E-state index in [1.165, 1.54) is 16.7 Å². The van der Waals surface area contributed by atoms with Crippen molar-refractivity contribution in [3.8, 4) is 5.69 Å². The van der Waals surface area contributed by atoms with Gasteiger partial charge in [-0.25, -0.2) is 4.98 Å². The molecule has 6 nitrogen and oxygen atoms in total. The molecule has 0 atom stereocenters. The zero-order chi connectivity index (χ0) is 18.1. The first-order valence-corrected chi connectivity index (χ1v) is 7.88. The highest BCUT2D eigenvalue weighted by Gasteiger charge is 2.12. The van der Waals surface area contributed by atoms with Gasteiger partial charge in [0.1, 0.15) is 0 Å². The van der Waals surface area contributed by atoms with Gasteiger partial charge in [0, 0.05) is 23.3 Å². The Hall–Kier alpha value is -2.99. The van der Waals surface area contributed by atoms with E-state index in [0.29, 0.717) is 17.0 Å². The zero-order valence-corrected chi connectivity index (χ0v) is 14.5. The third-order valence-corrected chi connectivity index (χ3v) is 4.04. The average Bonchev–Trinajstić information content (AvgIpc) is 2.57. The number of nitrogens with zero attached hydrogens (tertiary/aromatic N) is 3. The van der Waals surface area contributed by atoms with E-state index in [4.69, 9.17) is 11.6 Å². The number of carbonyl (C=O) groups excluding carboxylic acids is 1. The van der Waals surface area contributed by atoms with E-state index in [2.05, 4.69) is 21.9 Å². The van der Waals surface area contributed by atoms with Crippen molar-refractivity contribution in [2.75, 3.05) is 5.32 Å². The van der Waals surface area contributed by atoms with Gasteiger partial charge in [0.25, 0.3) is 5.56 Å². The van der Waals surface area contributed by atoms with Gasteiger partial charge in [-0.1, -0.05) is 12.6 Å². The molecule has 0 aliphatic carbocycles. The molecule has 0 fully saturated rings. The van der Waals surface area contributed by atoms with Crippen LogP contribution in [-0.2, 0) is 4.79 Å². The Labute approximate surface area is 148 Å². The van der Waals surface area contributed by atoms with Crippen molar-refractivity contribution in [2.45, 2.75) is 13.8 Å². The number of pyridine rings is 1. The zero-order valence-electron chi connectivity index (χ0n) is 13.7. The molecule has 0 spiro atoms. The summed E-state index contributed by atoms with van der Waals surface area (Å²) in [5.41, 5.74) is 2.94. The van der Waals surface area contributed by atoms with Gasteiger partial charge in [-0.15, -0.1) is 0 Å². The van der Waals surface area contributed by atoms with Crippen molar-refractivity contribution < 1.29 is 4.79 Å². The number of nitrogens with one attached hydrogen (secondary N) is 1. The van der Waals surface area contributed by atoms with Crippen LogP contribution < -0.4 is 10.9 Å². The number of anilines is 1. The number of halogens is 1. The van der Waals surface area contributed by atoms with Gasteiger partial charge < -0.3 is 5.32 Å². The number of hydrogen-bond acceptors (Lipinski definition) is 4. The van der Waals surface area contributed by atoms with Gasteiger partial charge in [-0.05, 0) is 54.8 Å². The predicted molar refractivity (Wildman–Crippen MR) is 98.4 cm³/mol. The van der Waals surface area contributed by atoms with Gasteiger partial charge in [0.15, 0.2) is 5.65 Å². The molecule has 0 bridgehead atoms. The number of fused-ring (bicyclic) bond motifs is 1. The third kappa shape index (κ3) is 3.16. The molecule has 1 amide bonds. The van der Waals surface area contributed by atoms with E-state index in [1.54, 1.807) is 18.3 Å². The molecule has 1 aromatic carbocycles. The highest BCUT2D eigenvalue weighted by atomic mass is 35.5. The summed E-state index contributed by atoms with van der Waals surface area (Å²) < 4.78 is 1.44. The van der Waals surface area contributed by atoms with Crippen LogP contribution in [0.25, 0.3) is 16.7 Å². The van der Waals surface area contributed by atoms with Gasteiger partial charge in [-0.3, -0.25) is 14.2 Å². The Balaban J connectivity index is 2.28. The summed E-state index contributed by atoms with van der Waals surface area (Å²) in [6, 6.07) is 6.82. The minimum absolute atomic E-state index is 0.0542. The lowest BCUT2D eigenvalue weighted by atomic mass is 10.1. The lowest BCUT2D eigenvalue weighted by Crippen LogP contribution is -2.20. The largest absolute Gasteiger partial charge is 0.322 e. The second-order valence-corrected chi connectivity index (χ2v) is 5.91. The number of rotatable bonds is 3. The molecular formula is C18H15ClN4O2. The molecule has 1 N–H and O–H groups in total. The van der Waals surface area contributed by atoms with Gasteiger partial charge >= 0.3 is 0 Å². The van der Waals surface area contributed by atoms with Crippen LogP contribution in [0.15, 0.2) is 47.9 Å². The summed E-state index contributed by atoms with van der Waals surface area (Å²) in [4.78, 5) is 32.4. The fourth-order valence-electron chi connectivity index (χ4n) is 2.55. The predicted octanol–water partition coefficient (Wildman–Crippen LogP) is 3.18. The molecule has 2 aromatic heterocycles. The maximum Gasteiger partial charge on any atom is 0.257 e. The minimum atomic E-state index is -0.327. The minimum Gasteiger partial charge on any atom is -0.322 e. The highest BCUT2D eigenvalue weighted by Crippen LogP contribution is 2.23.